The number of aromatic nitrogens is 3. The highest BCUT2D eigenvalue weighted by Crippen LogP contribution is 2.35. The van der Waals surface area contributed by atoms with Crippen LogP contribution < -0.4 is 11.2 Å². The number of nitrogens with zero attached hydrogens (tertiary/aromatic N) is 2. The molecule has 1 aliphatic carbocycles. The smallest absolute Gasteiger partial charge is 0.255 e. The minimum atomic E-state index is -0.136. The Labute approximate surface area is 146 Å². The van der Waals surface area contributed by atoms with Gasteiger partial charge in [0.25, 0.3) is 5.91 Å². The maximum Gasteiger partial charge on any atom is 0.255 e. The Morgan fingerprint density at radius 2 is 2.36 bits per heavy atom. The molecule has 0 spiro atoms. The van der Waals surface area contributed by atoms with E-state index in [1.165, 1.54) is 30.5 Å². The molecular weight excluding hydrogens is 314 g/mol. The Hall–Kier alpha value is -2.76. The molecule has 25 heavy (non-hydrogen) atoms. The molecule has 0 saturated carbocycles. The SMILES string of the molecule is CCCC1CCc2c(c3cc(C(=O)Nc4cn[nH]c4)ccc3n2N)C1. The number of benzene rings is 1. The van der Waals surface area contributed by atoms with Crippen LogP contribution in [0.5, 0.6) is 0 Å². The van der Waals surface area contributed by atoms with Gasteiger partial charge in [-0.25, -0.2) is 0 Å². The van der Waals surface area contributed by atoms with Crippen molar-refractivity contribution in [1.29, 1.82) is 0 Å². The zero-order valence-electron chi connectivity index (χ0n) is 14.4. The van der Waals surface area contributed by atoms with E-state index < -0.39 is 0 Å². The molecule has 2 heterocycles. The first-order chi connectivity index (χ1) is 12.2. The summed E-state index contributed by atoms with van der Waals surface area (Å²) in [6, 6.07) is 5.75. The molecule has 1 amide bonds. The predicted octanol–water partition coefficient (Wildman–Crippen LogP) is 3.24. The number of amides is 1. The minimum absolute atomic E-state index is 0.136. The van der Waals surface area contributed by atoms with Crippen LogP contribution in [0.15, 0.2) is 30.6 Å². The van der Waals surface area contributed by atoms with Gasteiger partial charge in [-0.05, 0) is 48.9 Å². The highest BCUT2D eigenvalue weighted by molar-refractivity contribution is 6.06. The fraction of sp³-hybridized carbons (Fsp3) is 0.368. The van der Waals surface area contributed by atoms with E-state index in [4.69, 9.17) is 5.84 Å². The van der Waals surface area contributed by atoms with Gasteiger partial charge in [-0.15, -0.1) is 0 Å². The van der Waals surface area contributed by atoms with Crippen LogP contribution in [0, 0.1) is 5.92 Å². The quantitative estimate of drug-likeness (QED) is 0.639. The minimum Gasteiger partial charge on any atom is -0.339 e. The van der Waals surface area contributed by atoms with Crippen LogP contribution in [0.2, 0.25) is 0 Å². The van der Waals surface area contributed by atoms with Crippen LogP contribution in [0.4, 0.5) is 5.69 Å². The van der Waals surface area contributed by atoms with Gasteiger partial charge < -0.3 is 11.2 Å². The fourth-order valence-electron chi connectivity index (χ4n) is 3.98. The van der Waals surface area contributed by atoms with Crippen molar-refractivity contribution in [3.05, 3.63) is 47.4 Å². The number of nitrogen functional groups attached to an aromatic ring is 1. The summed E-state index contributed by atoms with van der Waals surface area (Å²) in [5.41, 5.74) is 4.84. The number of hydrogen-bond acceptors (Lipinski definition) is 3. The molecular formula is C19H23N5O. The van der Waals surface area contributed by atoms with Crippen LogP contribution >= 0.6 is 0 Å². The maximum atomic E-state index is 12.5. The second-order valence-corrected chi connectivity index (χ2v) is 6.87. The van der Waals surface area contributed by atoms with E-state index >= 15 is 0 Å². The van der Waals surface area contributed by atoms with Crippen LogP contribution in [0.3, 0.4) is 0 Å². The lowest BCUT2D eigenvalue weighted by Crippen LogP contribution is -2.19. The lowest BCUT2D eigenvalue weighted by Gasteiger charge is -2.22. The molecule has 4 rings (SSSR count). The summed E-state index contributed by atoms with van der Waals surface area (Å²) in [5.74, 6) is 6.90. The van der Waals surface area contributed by atoms with Crippen molar-refractivity contribution in [1.82, 2.24) is 14.9 Å². The number of carbonyl (C=O) groups is 1. The summed E-state index contributed by atoms with van der Waals surface area (Å²) in [7, 11) is 0. The average Bonchev–Trinajstić information content (AvgIpc) is 3.22. The van der Waals surface area contributed by atoms with Crippen molar-refractivity contribution in [2.24, 2.45) is 5.92 Å². The van der Waals surface area contributed by atoms with Gasteiger partial charge in [-0.3, -0.25) is 14.6 Å². The topological polar surface area (TPSA) is 88.7 Å². The second-order valence-electron chi connectivity index (χ2n) is 6.87. The van der Waals surface area contributed by atoms with Gasteiger partial charge in [0, 0.05) is 22.8 Å². The highest BCUT2D eigenvalue weighted by Gasteiger charge is 2.25. The van der Waals surface area contributed by atoms with Crippen molar-refractivity contribution in [3.8, 4) is 0 Å². The number of hydrogen-bond donors (Lipinski definition) is 3. The molecule has 6 heteroatoms. The molecule has 1 atom stereocenters. The monoisotopic (exact) mass is 337 g/mol. The lowest BCUT2D eigenvalue weighted by molar-refractivity contribution is 0.102. The number of anilines is 1. The van der Waals surface area contributed by atoms with Gasteiger partial charge in [0.1, 0.15) is 0 Å². The number of H-pyrrole nitrogens is 1. The standard InChI is InChI=1S/C19H23N5O/c1-2-3-12-4-6-17-15(8-12)16-9-13(5-7-18(16)24(17)20)19(25)23-14-10-21-22-11-14/h5,7,9-12H,2-4,6,8,20H2,1H3,(H,21,22)(H,23,25). The van der Waals surface area contributed by atoms with Crippen molar-refractivity contribution < 1.29 is 4.79 Å². The first-order valence-electron chi connectivity index (χ1n) is 8.88. The molecule has 0 aliphatic heterocycles. The summed E-state index contributed by atoms with van der Waals surface area (Å²) >= 11 is 0. The van der Waals surface area contributed by atoms with Crippen molar-refractivity contribution in [3.63, 3.8) is 0 Å². The van der Waals surface area contributed by atoms with Crippen molar-refractivity contribution in [2.45, 2.75) is 39.0 Å². The molecule has 1 aliphatic rings. The van der Waals surface area contributed by atoms with Crippen LogP contribution in [-0.4, -0.2) is 20.8 Å². The fourth-order valence-corrected chi connectivity index (χ4v) is 3.98. The average molecular weight is 337 g/mol. The number of nitrogens with one attached hydrogen (secondary N) is 2. The molecule has 0 saturated heterocycles. The first-order valence-corrected chi connectivity index (χ1v) is 8.88. The summed E-state index contributed by atoms with van der Waals surface area (Å²) in [4.78, 5) is 12.5. The van der Waals surface area contributed by atoms with Crippen LogP contribution in [-0.2, 0) is 12.8 Å². The van der Waals surface area contributed by atoms with E-state index in [2.05, 4.69) is 22.4 Å². The first kappa shape index (κ1) is 15.7. The van der Waals surface area contributed by atoms with Gasteiger partial charge in [0.05, 0.1) is 17.4 Å². The number of rotatable bonds is 4. The summed E-state index contributed by atoms with van der Waals surface area (Å²) in [6.07, 6.45) is 8.96. The molecule has 2 aromatic heterocycles. The molecule has 130 valence electrons. The summed E-state index contributed by atoms with van der Waals surface area (Å²) < 4.78 is 1.81. The molecule has 4 N–H and O–H groups in total. The van der Waals surface area contributed by atoms with Crippen molar-refractivity contribution in [2.75, 3.05) is 11.2 Å². The van der Waals surface area contributed by atoms with E-state index in [9.17, 15) is 4.79 Å². The highest BCUT2D eigenvalue weighted by atomic mass is 16.1. The van der Waals surface area contributed by atoms with Gasteiger partial charge in [-0.2, -0.15) is 5.10 Å². The third-order valence-corrected chi connectivity index (χ3v) is 5.22. The van der Waals surface area contributed by atoms with Crippen LogP contribution in [0.1, 0.15) is 47.8 Å². The molecule has 3 aromatic rings. The zero-order valence-corrected chi connectivity index (χ0v) is 14.4. The van der Waals surface area contributed by atoms with Gasteiger partial charge in [-0.1, -0.05) is 19.8 Å². The lowest BCUT2D eigenvalue weighted by atomic mass is 9.84. The van der Waals surface area contributed by atoms with E-state index in [1.54, 1.807) is 12.4 Å². The summed E-state index contributed by atoms with van der Waals surface area (Å²) in [6.45, 7) is 2.24. The maximum absolute atomic E-state index is 12.5. The van der Waals surface area contributed by atoms with Gasteiger partial charge in [0.2, 0.25) is 0 Å². The van der Waals surface area contributed by atoms with E-state index in [-0.39, 0.29) is 5.91 Å². The Morgan fingerprint density at radius 1 is 1.48 bits per heavy atom. The summed E-state index contributed by atoms with van der Waals surface area (Å²) in [5, 5.41) is 10.5. The number of fused-ring (bicyclic) bond motifs is 3. The molecule has 1 aromatic carbocycles. The van der Waals surface area contributed by atoms with Gasteiger partial charge in [0.15, 0.2) is 0 Å². The van der Waals surface area contributed by atoms with E-state index in [1.807, 2.05) is 22.9 Å². The van der Waals surface area contributed by atoms with Crippen molar-refractivity contribution >= 4 is 22.5 Å². The second kappa shape index (κ2) is 6.27. The zero-order chi connectivity index (χ0) is 17.4. The number of aromatic amines is 1. The molecule has 0 fully saturated rings. The Balaban J connectivity index is 1.70. The van der Waals surface area contributed by atoms with E-state index in [0.29, 0.717) is 17.2 Å². The number of nitrogens with two attached hydrogens (primary N) is 1. The normalized spacial score (nSPS) is 16.8. The van der Waals surface area contributed by atoms with Crippen LogP contribution in [0.25, 0.3) is 10.9 Å². The third-order valence-electron chi connectivity index (χ3n) is 5.22. The molecule has 1 unspecified atom stereocenters. The Bertz CT molecular complexity index is 910. The predicted molar refractivity (Wildman–Crippen MR) is 99.1 cm³/mol. The van der Waals surface area contributed by atoms with E-state index in [0.717, 1.165) is 23.7 Å². The molecule has 6 nitrogen and oxygen atoms in total. The number of carbonyl (C=O) groups excluding carboxylic acids is 1. The Morgan fingerprint density at radius 3 is 3.12 bits per heavy atom. The molecule has 0 bridgehead atoms. The molecule has 0 radical (unpaired) electrons. The third kappa shape index (κ3) is 2.77. The largest absolute Gasteiger partial charge is 0.339 e. The van der Waals surface area contributed by atoms with Gasteiger partial charge >= 0.3 is 0 Å². The Kier molecular flexibility index (Phi) is 3.95.